The van der Waals surface area contributed by atoms with E-state index in [1.165, 1.54) is 13.0 Å². The highest BCUT2D eigenvalue weighted by Gasteiger charge is 2.39. The van der Waals surface area contributed by atoms with Crippen molar-refractivity contribution in [1.29, 1.82) is 5.41 Å². The number of carbonyl (C=O) groups excluding carboxylic acids is 2. The number of nitrogens with one attached hydrogen (secondary N) is 3. The van der Waals surface area contributed by atoms with Gasteiger partial charge in [0.15, 0.2) is 0 Å². The lowest BCUT2D eigenvalue weighted by Crippen LogP contribution is -2.57. The molecule has 1 atom stereocenters. The highest BCUT2D eigenvalue weighted by molar-refractivity contribution is 6.04. The maximum Gasteiger partial charge on any atom is 0.272 e. The van der Waals surface area contributed by atoms with Crippen LogP contribution in [0, 0.1) is 11.3 Å². The van der Waals surface area contributed by atoms with Crippen molar-refractivity contribution >= 4 is 17.6 Å². The molecule has 2 aliphatic carbocycles. The van der Waals surface area contributed by atoms with Crippen LogP contribution in [0.15, 0.2) is 18.2 Å². The van der Waals surface area contributed by atoms with Crippen molar-refractivity contribution in [2.75, 3.05) is 6.61 Å². The minimum atomic E-state index is -2.60. The van der Waals surface area contributed by atoms with Gasteiger partial charge in [0.05, 0.1) is 5.54 Å². The largest absolute Gasteiger partial charge is 0.487 e. The molecule has 0 unspecified atom stereocenters. The highest BCUT2D eigenvalue weighted by Crippen LogP contribution is 2.44. The first-order valence-electron chi connectivity index (χ1n) is 9.92. The summed E-state index contributed by atoms with van der Waals surface area (Å²) < 4.78 is 30.5. The van der Waals surface area contributed by atoms with Crippen LogP contribution in [-0.4, -0.2) is 36.2 Å². The molecule has 0 saturated heterocycles. The van der Waals surface area contributed by atoms with E-state index in [-0.39, 0.29) is 23.2 Å². The van der Waals surface area contributed by atoms with E-state index >= 15 is 0 Å². The number of halogens is 2. The van der Waals surface area contributed by atoms with Gasteiger partial charge in [-0.2, -0.15) is 0 Å². The van der Waals surface area contributed by atoms with Gasteiger partial charge in [-0.05, 0) is 55.7 Å². The van der Waals surface area contributed by atoms with Gasteiger partial charge in [0.2, 0.25) is 5.91 Å². The van der Waals surface area contributed by atoms with Crippen LogP contribution in [0.5, 0.6) is 5.75 Å². The Morgan fingerprint density at radius 2 is 1.97 bits per heavy atom. The summed E-state index contributed by atoms with van der Waals surface area (Å²) in [5.41, 5.74) is 0.0912. The van der Waals surface area contributed by atoms with Gasteiger partial charge in [0, 0.05) is 12.5 Å². The number of benzene rings is 1. The number of amidine groups is 1. The summed E-state index contributed by atoms with van der Waals surface area (Å²) in [5.74, 6) is 0.120. The van der Waals surface area contributed by atoms with E-state index in [1.807, 2.05) is 0 Å². The first-order chi connectivity index (χ1) is 13.7. The molecule has 2 fully saturated rings. The van der Waals surface area contributed by atoms with E-state index in [0.717, 1.165) is 31.2 Å². The molecule has 1 aromatic rings. The summed E-state index contributed by atoms with van der Waals surface area (Å²) in [7, 11) is 0. The quantitative estimate of drug-likeness (QED) is 0.431. The predicted octanol–water partition coefficient (Wildman–Crippen LogP) is 3.61. The molecule has 0 spiro atoms. The molecule has 3 N–H and O–H groups in total. The van der Waals surface area contributed by atoms with Crippen molar-refractivity contribution in [2.24, 2.45) is 5.92 Å². The first-order valence-corrected chi connectivity index (χ1v) is 9.92. The van der Waals surface area contributed by atoms with E-state index in [4.69, 9.17) is 10.1 Å². The van der Waals surface area contributed by atoms with E-state index in [1.54, 1.807) is 19.1 Å². The normalized spacial score (nSPS) is 18.1. The van der Waals surface area contributed by atoms with Gasteiger partial charge in [-0.15, -0.1) is 0 Å². The van der Waals surface area contributed by atoms with Crippen molar-refractivity contribution < 1.29 is 23.1 Å². The minimum absolute atomic E-state index is 0.0611. The summed E-state index contributed by atoms with van der Waals surface area (Å²) in [5, 5.41) is 13.6. The number of amides is 2. The first kappa shape index (κ1) is 21.2. The zero-order chi connectivity index (χ0) is 21.2. The van der Waals surface area contributed by atoms with Gasteiger partial charge in [0.25, 0.3) is 12.3 Å². The second-order valence-electron chi connectivity index (χ2n) is 8.22. The number of ether oxygens (including phenoxy) is 1. The monoisotopic (exact) mass is 407 g/mol. The Morgan fingerprint density at radius 3 is 2.52 bits per heavy atom. The molecule has 0 heterocycles. The number of rotatable bonds is 9. The number of carbonyl (C=O) groups is 2. The third kappa shape index (κ3) is 5.74. The van der Waals surface area contributed by atoms with E-state index in [9.17, 15) is 18.4 Å². The van der Waals surface area contributed by atoms with Crippen LogP contribution in [0.2, 0.25) is 0 Å². The molecule has 2 aliphatic rings. The maximum absolute atomic E-state index is 12.9. The third-order valence-corrected chi connectivity index (χ3v) is 5.29. The van der Waals surface area contributed by atoms with Crippen molar-refractivity contribution in [2.45, 2.75) is 63.8 Å². The maximum atomic E-state index is 12.9. The van der Waals surface area contributed by atoms with Crippen molar-refractivity contribution in [3.63, 3.8) is 0 Å². The molecule has 3 rings (SSSR count). The lowest BCUT2D eigenvalue weighted by atomic mass is 9.92. The Kier molecular flexibility index (Phi) is 6.19. The molecule has 158 valence electrons. The average molecular weight is 407 g/mol. The average Bonchev–Trinajstić information content (AvgIpc) is 3.53. The zero-order valence-electron chi connectivity index (χ0n) is 16.7. The molecule has 8 heteroatoms. The van der Waals surface area contributed by atoms with Crippen LogP contribution in [0.1, 0.15) is 67.8 Å². The van der Waals surface area contributed by atoms with Gasteiger partial charge in [-0.3, -0.25) is 15.0 Å². The lowest BCUT2D eigenvalue weighted by Gasteiger charge is -2.31. The SMILES string of the molecule is CC(=O)NC(=N)[C@](C)(CC1CC1)NC(=O)c1ccc(C2CC2)c(OCC(F)F)c1. The van der Waals surface area contributed by atoms with Gasteiger partial charge in [-0.25, -0.2) is 8.78 Å². The molecule has 29 heavy (non-hydrogen) atoms. The van der Waals surface area contributed by atoms with Crippen LogP contribution < -0.4 is 15.4 Å². The number of hydrogen-bond acceptors (Lipinski definition) is 4. The molecule has 0 bridgehead atoms. The standard InChI is InChI=1S/C21H27F2N3O3/c1-12(27)25-20(24)21(2,10-13-3-4-13)26-19(28)15-7-8-16(14-5-6-14)17(9-15)29-11-18(22)23/h7-9,13-14,18H,3-6,10-11H2,1-2H3,(H,26,28)(H2,24,25,27)/t21-/m0/s1. The van der Waals surface area contributed by atoms with E-state index < -0.39 is 24.5 Å². The van der Waals surface area contributed by atoms with Crippen LogP contribution in [0.25, 0.3) is 0 Å². The van der Waals surface area contributed by atoms with Crippen LogP contribution in [0.3, 0.4) is 0 Å². The summed E-state index contributed by atoms with van der Waals surface area (Å²) in [4.78, 5) is 24.3. The second-order valence-corrected chi connectivity index (χ2v) is 8.22. The van der Waals surface area contributed by atoms with Gasteiger partial charge < -0.3 is 15.4 Å². The van der Waals surface area contributed by atoms with Crippen LogP contribution >= 0.6 is 0 Å². The van der Waals surface area contributed by atoms with Crippen LogP contribution in [-0.2, 0) is 4.79 Å². The molecular formula is C21H27F2N3O3. The molecule has 1 aromatic carbocycles. The smallest absolute Gasteiger partial charge is 0.272 e. The fourth-order valence-corrected chi connectivity index (χ4v) is 3.44. The Labute approximate surface area is 168 Å². The van der Waals surface area contributed by atoms with Gasteiger partial charge in [0.1, 0.15) is 18.2 Å². The molecule has 0 radical (unpaired) electrons. The number of alkyl halides is 2. The van der Waals surface area contributed by atoms with E-state index in [2.05, 4.69) is 10.6 Å². The second kappa shape index (κ2) is 8.47. The summed E-state index contributed by atoms with van der Waals surface area (Å²) in [6.07, 6.45) is 1.96. The third-order valence-electron chi connectivity index (χ3n) is 5.29. The Morgan fingerprint density at radius 1 is 1.28 bits per heavy atom. The van der Waals surface area contributed by atoms with Gasteiger partial charge in [-0.1, -0.05) is 18.9 Å². The minimum Gasteiger partial charge on any atom is -0.487 e. The molecule has 0 aromatic heterocycles. The molecule has 6 nitrogen and oxygen atoms in total. The van der Waals surface area contributed by atoms with Gasteiger partial charge >= 0.3 is 0 Å². The van der Waals surface area contributed by atoms with E-state index in [0.29, 0.717) is 18.1 Å². The Balaban J connectivity index is 1.78. The highest BCUT2D eigenvalue weighted by atomic mass is 19.3. The Hall–Kier alpha value is -2.51. The molecular weight excluding hydrogens is 380 g/mol. The lowest BCUT2D eigenvalue weighted by molar-refractivity contribution is -0.117. The predicted molar refractivity (Wildman–Crippen MR) is 105 cm³/mol. The fraction of sp³-hybridized carbons (Fsp3) is 0.571. The fourth-order valence-electron chi connectivity index (χ4n) is 3.44. The summed E-state index contributed by atoms with van der Waals surface area (Å²) in [6, 6.07) is 4.90. The van der Waals surface area contributed by atoms with Crippen molar-refractivity contribution in [3.8, 4) is 5.75 Å². The molecule has 2 amide bonds. The Bertz CT molecular complexity index is 806. The molecule has 0 aliphatic heterocycles. The zero-order valence-corrected chi connectivity index (χ0v) is 16.7. The van der Waals surface area contributed by atoms with Crippen molar-refractivity contribution in [3.05, 3.63) is 29.3 Å². The van der Waals surface area contributed by atoms with Crippen LogP contribution in [0.4, 0.5) is 8.78 Å². The summed E-state index contributed by atoms with van der Waals surface area (Å²) in [6.45, 7) is 2.31. The summed E-state index contributed by atoms with van der Waals surface area (Å²) >= 11 is 0. The topological polar surface area (TPSA) is 91.3 Å². The molecule has 2 saturated carbocycles. The number of hydrogen-bond donors (Lipinski definition) is 3. The van der Waals surface area contributed by atoms with Crippen molar-refractivity contribution in [1.82, 2.24) is 10.6 Å².